The van der Waals surface area contributed by atoms with Crippen molar-refractivity contribution in [1.82, 2.24) is 14.8 Å². The van der Waals surface area contributed by atoms with E-state index in [1.165, 1.54) is 18.9 Å². The monoisotopic (exact) mass is 382 g/mol. The van der Waals surface area contributed by atoms with E-state index < -0.39 is 0 Å². The number of methoxy groups -OCH3 is 1. The molecule has 1 heterocycles. The van der Waals surface area contributed by atoms with E-state index in [0.717, 1.165) is 5.56 Å². The zero-order chi connectivity index (χ0) is 19.2. The average Bonchev–Trinajstić information content (AvgIpc) is 3.07. The second-order valence-corrected chi connectivity index (χ2v) is 6.57. The largest absolute Gasteiger partial charge is 0.468 e. The van der Waals surface area contributed by atoms with E-state index in [1.807, 2.05) is 54.1 Å². The lowest BCUT2D eigenvalue weighted by molar-refractivity contribution is -0.137. The minimum Gasteiger partial charge on any atom is -0.468 e. The highest BCUT2D eigenvalue weighted by atomic mass is 32.2. The van der Waals surface area contributed by atoms with Crippen LogP contribution >= 0.6 is 11.8 Å². The number of nitrogens with one attached hydrogen (secondary N) is 1. The molecule has 0 bridgehead atoms. The average molecular weight is 382 g/mol. The lowest BCUT2D eigenvalue weighted by atomic mass is 10.1. The summed E-state index contributed by atoms with van der Waals surface area (Å²) in [4.78, 5) is 23.5. The van der Waals surface area contributed by atoms with Crippen LogP contribution in [-0.2, 0) is 16.6 Å². The molecule has 0 aliphatic rings. The van der Waals surface area contributed by atoms with Crippen molar-refractivity contribution in [2.75, 3.05) is 18.2 Å². The highest BCUT2D eigenvalue weighted by Crippen LogP contribution is 2.24. The molecule has 1 aromatic heterocycles. The van der Waals surface area contributed by atoms with Crippen molar-refractivity contribution in [1.29, 1.82) is 0 Å². The van der Waals surface area contributed by atoms with Crippen LogP contribution in [0.15, 0.2) is 59.8 Å². The predicted molar refractivity (Wildman–Crippen MR) is 104 cm³/mol. The van der Waals surface area contributed by atoms with Gasteiger partial charge in [0.1, 0.15) is 0 Å². The number of amides is 1. The Hall–Kier alpha value is -3.13. The smallest absolute Gasteiger partial charge is 0.316 e. The van der Waals surface area contributed by atoms with Crippen LogP contribution in [0.25, 0.3) is 11.4 Å². The van der Waals surface area contributed by atoms with E-state index in [9.17, 15) is 9.59 Å². The summed E-state index contributed by atoms with van der Waals surface area (Å²) in [7, 11) is 3.18. The Balaban J connectivity index is 1.69. The zero-order valence-electron chi connectivity index (χ0n) is 14.9. The molecule has 138 valence electrons. The Kier molecular flexibility index (Phi) is 5.87. The van der Waals surface area contributed by atoms with E-state index in [4.69, 9.17) is 0 Å². The minimum absolute atomic E-state index is 0.163. The van der Waals surface area contributed by atoms with Gasteiger partial charge in [0.05, 0.1) is 12.9 Å². The number of hydrogen-bond acceptors (Lipinski definition) is 6. The van der Waals surface area contributed by atoms with Crippen molar-refractivity contribution < 1.29 is 14.3 Å². The van der Waals surface area contributed by atoms with Gasteiger partial charge in [0.25, 0.3) is 5.91 Å². The molecule has 7 nitrogen and oxygen atoms in total. The van der Waals surface area contributed by atoms with Gasteiger partial charge in [0.15, 0.2) is 11.0 Å². The fourth-order valence-electron chi connectivity index (χ4n) is 2.37. The summed E-state index contributed by atoms with van der Waals surface area (Å²) in [6.07, 6.45) is 0. The third-order valence-electron chi connectivity index (χ3n) is 3.82. The number of anilines is 1. The number of nitrogens with zero attached hydrogens (tertiary/aromatic N) is 3. The maximum absolute atomic E-state index is 12.2. The summed E-state index contributed by atoms with van der Waals surface area (Å²) >= 11 is 1.26. The molecule has 0 aliphatic carbocycles. The lowest BCUT2D eigenvalue weighted by Crippen LogP contribution is -2.11. The fourth-order valence-corrected chi connectivity index (χ4v) is 3.11. The first kappa shape index (κ1) is 18.7. The van der Waals surface area contributed by atoms with Crippen molar-refractivity contribution in [3.8, 4) is 11.4 Å². The fraction of sp³-hybridized carbons (Fsp3) is 0.158. The Morgan fingerprint density at radius 2 is 1.78 bits per heavy atom. The number of thioether (sulfide) groups is 1. The Morgan fingerprint density at radius 3 is 2.44 bits per heavy atom. The van der Waals surface area contributed by atoms with E-state index in [2.05, 4.69) is 20.3 Å². The number of hydrogen-bond donors (Lipinski definition) is 1. The van der Waals surface area contributed by atoms with Gasteiger partial charge in [-0.1, -0.05) is 30.0 Å². The van der Waals surface area contributed by atoms with Crippen LogP contribution in [0.1, 0.15) is 10.4 Å². The first-order valence-corrected chi connectivity index (χ1v) is 9.13. The van der Waals surface area contributed by atoms with Gasteiger partial charge >= 0.3 is 5.97 Å². The maximum atomic E-state index is 12.2. The van der Waals surface area contributed by atoms with Crippen LogP contribution in [0.2, 0.25) is 0 Å². The van der Waals surface area contributed by atoms with Crippen LogP contribution in [-0.4, -0.2) is 39.5 Å². The third kappa shape index (κ3) is 4.53. The second-order valence-electron chi connectivity index (χ2n) is 5.63. The molecule has 0 atom stereocenters. The third-order valence-corrected chi connectivity index (χ3v) is 4.81. The van der Waals surface area contributed by atoms with Crippen LogP contribution < -0.4 is 5.32 Å². The Morgan fingerprint density at radius 1 is 1.07 bits per heavy atom. The molecule has 1 N–H and O–H groups in total. The Labute approximate surface area is 160 Å². The van der Waals surface area contributed by atoms with Gasteiger partial charge in [-0.25, -0.2) is 0 Å². The van der Waals surface area contributed by atoms with Gasteiger partial charge in [-0.3, -0.25) is 9.59 Å². The van der Waals surface area contributed by atoms with Gasteiger partial charge in [0.2, 0.25) is 0 Å². The van der Waals surface area contributed by atoms with Crippen molar-refractivity contribution in [2.45, 2.75) is 5.16 Å². The van der Waals surface area contributed by atoms with Crippen molar-refractivity contribution >= 4 is 29.3 Å². The summed E-state index contributed by atoms with van der Waals surface area (Å²) < 4.78 is 6.44. The molecule has 0 fully saturated rings. The first-order chi connectivity index (χ1) is 13.1. The minimum atomic E-state index is -0.317. The molecule has 0 aliphatic heterocycles. The second kappa shape index (κ2) is 8.50. The number of rotatable bonds is 6. The van der Waals surface area contributed by atoms with E-state index in [0.29, 0.717) is 22.2 Å². The molecule has 8 heteroatoms. The normalized spacial score (nSPS) is 10.4. The number of carbonyl (C=O) groups excluding carboxylic acids is 2. The Bertz CT molecular complexity index is 939. The molecule has 0 saturated carbocycles. The molecule has 3 rings (SSSR count). The summed E-state index contributed by atoms with van der Waals surface area (Å²) in [6.45, 7) is 0. The van der Waals surface area contributed by atoms with Gasteiger partial charge in [-0.2, -0.15) is 0 Å². The van der Waals surface area contributed by atoms with Gasteiger partial charge in [0, 0.05) is 23.9 Å². The van der Waals surface area contributed by atoms with Crippen molar-refractivity contribution in [2.24, 2.45) is 7.05 Å². The summed E-state index contributed by atoms with van der Waals surface area (Å²) in [5.74, 6) is 0.363. The molecule has 0 radical (unpaired) electrons. The predicted octanol–water partition coefficient (Wildman–Crippen LogP) is 3.00. The molecule has 1 amide bonds. The lowest BCUT2D eigenvalue weighted by Gasteiger charge is -2.07. The quantitative estimate of drug-likeness (QED) is 0.521. The molecular weight excluding hydrogens is 364 g/mol. The van der Waals surface area contributed by atoms with Crippen LogP contribution in [0.3, 0.4) is 0 Å². The molecular formula is C19H18N4O3S. The zero-order valence-corrected chi connectivity index (χ0v) is 15.7. The summed E-state index contributed by atoms with van der Waals surface area (Å²) in [6, 6.07) is 16.4. The molecule has 0 spiro atoms. The number of esters is 1. The van der Waals surface area contributed by atoms with Crippen molar-refractivity contribution in [3.05, 3.63) is 60.2 Å². The molecule has 2 aromatic carbocycles. The van der Waals surface area contributed by atoms with Crippen LogP contribution in [0.4, 0.5) is 5.69 Å². The van der Waals surface area contributed by atoms with Gasteiger partial charge in [-0.15, -0.1) is 10.2 Å². The van der Waals surface area contributed by atoms with Crippen LogP contribution in [0.5, 0.6) is 0 Å². The van der Waals surface area contributed by atoms with Crippen molar-refractivity contribution in [3.63, 3.8) is 0 Å². The maximum Gasteiger partial charge on any atom is 0.316 e. The standard InChI is InChI=1S/C19H18N4O3S/c1-23-17(21-22-19(23)27-12-16(24)26-2)13-8-10-15(11-9-13)20-18(25)14-6-4-3-5-7-14/h3-11H,12H2,1-2H3,(H,20,25). The number of ether oxygens (including phenoxy) is 1. The molecule has 27 heavy (non-hydrogen) atoms. The molecule has 3 aromatic rings. The van der Waals surface area contributed by atoms with Gasteiger partial charge in [-0.05, 0) is 36.4 Å². The highest BCUT2D eigenvalue weighted by Gasteiger charge is 2.13. The van der Waals surface area contributed by atoms with Gasteiger partial charge < -0.3 is 14.6 Å². The van der Waals surface area contributed by atoms with E-state index in [-0.39, 0.29) is 17.6 Å². The van der Waals surface area contributed by atoms with Crippen LogP contribution in [0, 0.1) is 0 Å². The SMILES string of the molecule is COC(=O)CSc1nnc(-c2ccc(NC(=O)c3ccccc3)cc2)n1C. The summed E-state index contributed by atoms with van der Waals surface area (Å²) in [5, 5.41) is 11.8. The number of benzene rings is 2. The van der Waals surface area contributed by atoms with E-state index in [1.54, 1.807) is 12.1 Å². The summed E-state index contributed by atoms with van der Waals surface area (Å²) in [5.41, 5.74) is 2.14. The number of aromatic nitrogens is 3. The topological polar surface area (TPSA) is 86.1 Å². The number of carbonyl (C=O) groups is 2. The molecule has 0 saturated heterocycles. The highest BCUT2D eigenvalue weighted by molar-refractivity contribution is 7.99. The van der Waals surface area contributed by atoms with E-state index >= 15 is 0 Å². The first-order valence-electron chi connectivity index (χ1n) is 8.14. The molecule has 0 unspecified atom stereocenters.